The summed E-state index contributed by atoms with van der Waals surface area (Å²) in [6.45, 7) is 8.01. The van der Waals surface area contributed by atoms with Gasteiger partial charge in [-0.05, 0) is 80.6 Å². The number of hydrogen-bond acceptors (Lipinski definition) is 7. The predicted octanol–water partition coefficient (Wildman–Crippen LogP) is 5.30. The van der Waals surface area contributed by atoms with E-state index in [2.05, 4.69) is 4.90 Å². The van der Waals surface area contributed by atoms with Gasteiger partial charge in [0.15, 0.2) is 0 Å². The number of nitrogens with zero attached hydrogens (tertiary/aromatic N) is 2. The Balaban J connectivity index is 0.000000583. The molecular weight excluding hydrogens is 588 g/mol. The standard InChI is InChI=1S/C28H35FN2O5.C3H3F3O2/c1-4-35-23-14-20(15-24(36-5-2)27(23)21-6-8-22(29)9-7-21)17-30-12-10-28(11-13-30)16-25(32)31(19-28)18-26(33)34-3;4-3(5,6)1-2(7)8/h6-9,14-15H,4-5,10-13,16-19H2,1-3H3;1H2,(H,7,8). The molecule has 2 aromatic rings. The summed E-state index contributed by atoms with van der Waals surface area (Å²) in [5.41, 5.74) is 2.69. The van der Waals surface area contributed by atoms with Crippen molar-refractivity contribution in [1.29, 1.82) is 0 Å². The summed E-state index contributed by atoms with van der Waals surface area (Å²) < 4.78 is 63.1. The average Bonchev–Trinajstić information content (AvgIpc) is 3.24. The van der Waals surface area contributed by atoms with Gasteiger partial charge >= 0.3 is 18.1 Å². The zero-order chi connectivity index (χ0) is 32.5. The highest BCUT2D eigenvalue weighted by molar-refractivity contribution is 5.84. The number of carbonyl (C=O) groups excluding carboxylic acids is 2. The van der Waals surface area contributed by atoms with Crippen molar-refractivity contribution in [2.75, 3.05) is 46.5 Å². The molecule has 242 valence electrons. The number of carboxylic acids is 1. The minimum atomic E-state index is -4.58. The summed E-state index contributed by atoms with van der Waals surface area (Å²) in [4.78, 5) is 37.5. The number of methoxy groups -OCH3 is 1. The number of halogens is 4. The molecule has 1 N–H and O–H groups in total. The minimum absolute atomic E-state index is 0.0294. The molecule has 0 atom stereocenters. The number of piperidine rings is 1. The minimum Gasteiger partial charge on any atom is -0.493 e. The van der Waals surface area contributed by atoms with Crippen LogP contribution in [0.3, 0.4) is 0 Å². The van der Waals surface area contributed by atoms with Crippen LogP contribution in [-0.4, -0.2) is 85.4 Å². The molecule has 2 fully saturated rings. The maximum Gasteiger partial charge on any atom is 0.399 e. The van der Waals surface area contributed by atoms with Crippen LogP contribution in [0.25, 0.3) is 11.1 Å². The number of hydrogen-bond donors (Lipinski definition) is 1. The quantitative estimate of drug-likeness (QED) is 0.280. The molecule has 1 amide bonds. The van der Waals surface area contributed by atoms with E-state index >= 15 is 0 Å². The molecule has 2 aliphatic heterocycles. The van der Waals surface area contributed by atoms with Crippen LogP contribution in [0.2, 0.25) is 0 Å². The van der Waals surface area contributed by atoms with Crippen LogP contribution in [0, 0.1) is 11.2 Å². The summed E-state index contributed by atoms with van der Waals surface area (Å²) in [6, 6.07) is 10.5. The Bertz CT molecular complexity index is 1270. The van der Waals surface area contributed by atoms with Gasteiger partial charge in [-0.15, -0.1) is 0 Å². The Labute approximate surface area is 253 Å². The van der Waals surface area contributed by atoms with Crippen LogP contribution in [0.4, 0.5) is 17.6 Å². The highest BCUT2D eigenvalue weighted by Crippen LogP contribution is 2.43. The fraction of sp³-hybridized carbons (Fsp3) is 0.516. The van der Waals surface area contributed by atoms with Crippen molar-refractivity contribution >= 4 is 17.8 Å². The van der Waals surface area contributed by atoms with E-state index in [9.17, 15) is 31.9 Å². The van der Waals surface area contributed by atoms with Crippen molar-refractivity contribution < 1.29 is 51.3 Å². The molecule has 13 heteroatoms. The molecule has 2 aromatic carbocycles. The highest BCUT2D eigenvalue weighted by atomic mass is 19.4. The van der Waals surface area contributed by atoms with E-state index < -0.39 is 18.6 Å². The number of alkyl halides is 3. The molecule has 0 aromatic heterocycles. The number of likely N-dealkylation sites (tertiary alicyclic amines) is 2. The molecule has 4 rings (SSSR count). The smallest absolute Gasteiger partial charge is 0.399 e. The normalized spacial score (nSPS) is 16.3. The number of ether oxygens (including phenoxy) is 3. The van der Waals surface area contributed by atoms with Gasteiger partial charge in [-0.3, -0.25) is 19.3 Å². The SMILES string of the molecule is CCOc1cc(CN2CCC3(CC2)CC(=O)N(CC(=O)OC)C3)cc(OCC)c1-c1ccc(F)cc1.O=C(O)CC(F)(F)F. The van der Waals surface area contributed by atoms with Crippen molar-refractivity contribution in [3.63, 3.8) is 0 Å². The van der Waals surface area contributed by atoms with Gasteiger partial charge in [0, 0.05) is 19.5 Å². The molecular formula is C31H38F4N2O7. The number of aliphatic carboxylic acids is 1. The zero-order valence-electron chi connectivity index (χ0n) is 25.0. The van der Waals surface area contributed by atoms with E-state index in [0.29, 0.717) is 26.2 Å². The molecule has 0 saturated carbocycles. The van der Waals surface area contributed by atoms with Crippen LogP contribution >= 0.6 is 0 Å². The number of carboxylic acid groups (broad SMARTS) is 1. The molecule has 2 aliphatic rings. The second-order valence-electron chi connectivity index (χ2n) is 10.8. The molecule has 1 spiro atoms. The Morgan fingerprint density at radius 3 is 2.02 bits per heavy atom. The lowest BCUT2D eigenvalue weighted by molar-refractivity contribution is -0.166. The van der Waals surface area contributed by atoms with Gasteiger partial charge in [0.05, 0.1) is 25.9 Å². The topological polar surface area (TPSA) is 106 Å². The molecule has 44 heavy (non-hydrogen) atoms. The number of amides is 1. The van der Waals surface area contributed by atoms with Crippen LogP contribution < -0.4 is 9.47 Å². The number of benzene rings is 2. The van der Waals surface area contributed by atoms with E-state index in [0.717, 1.165) is 60.7 Å². The molecule has 0 bridgehead atoms. The van der Waals surface area contributed by atoms with Gasteiger partial charge in [-0.25, -0.2) is 4.39 Å². The molecule has 0 unspecified atom stereocenters. The van der Waals surface area contributed by atoms with E-state index in [-0.39, 0.29) is 29.7 Å². The first kappa shape index (κ1) is 34.6. The summed E-state index contributed by atoms with van der Waals surface area (Å²) in [7, 11) is 1.34. The maximum atomic E-state index is 13.5. The molecule has 0 aliphatic carbocycles. The Hall–Kier alpha value is -3.87. The first-order valence-corrected chi connectivity index (χ1v) is 14.3. The second kappa shape index (κ2) is 15.2. The van der Waals surface area contributed by atoms with Gasteiger partial charge in [-0.1, -0.05) is 12.1 Å². The van der Waals surface area contributed by atoms with Gasteiger partial charge in [0.1, 0.15) is 30.3 Å². The maximum absolute atomic E-state index is 13.5. The molecule has 2 heterocycles. The van der Waals surface area contributed by atoms with E-state index in [1.165, 1.54) is 19.2 Å². The third-order valence-corrected chi connectivity index (χ3v) is 7.49. The zero-order valence-corrected chi connectivity index (χ0v) is 25.0. The van der Waals surface area contributed by atoms with Crippen molar-refractivity contribution in [2.24, 2.45) is 5.41 Å². The van der Waals surface area contributed by atoms with Crippen LogP contribution in [0.15, 0.2) is 36.4 Å². The molecule has 9 nitrogen and oxygen atoms in total. The van der Waals surface area contributed by atoms with Crippen molar-refractivity contribution in [3.05, 3.63) is 47.8 Å². The van der Waals surface area contributed by atoms with Gasteiger partial charge in [0.25, 0.3) is 0 Å². The highest BCUT2D eigenvalue weighted by Gasteiger charge is 2.45. The molecule has 0 radical (unpaired) electrons. The summed E-state index contributed by atoms with van der Waals surface area (Å²) in [6.07, 6.45) is -4.03. The predicted molar refractivity (Wildman–Crippen MR) is 153 cm³/mol. The van der Waals surface area contributed by atoms with E-state index in [1.54, 1.807) is 17.0 Å². The van der Waals surface area contributed by atoms with Gasteiger partial charge in [0.2, 0.25) is 5.91 Å². The van der Waals surface area contributed by atoms with Crippen LogP contribution in [0.1, 0.15) is 45.1 Å². The van der Waals surface area contributed by atoms with Crippen molar-refractivity contribution in [1.82, 2.24) is 9.80 Å². The molecule has 2 saturated heterocycles. The summed E-state index contributed by atoms with van der Waals surface area (Å²) in [5.74, 6) is -1.04. The first-order valence-electron chi connectivity index (χ1n) is 14.3. The lowest BCUT2D eigenvalue weighted by atomic mass is 9.77. The van der Waals surface area contributed by atoms with Gasteiger partial charge in [-0.2, -0.15) is 13.2 Å². The monoisotopic (exact) mass is 626 g/mol. The summed E-state index contributed by atoms with van der Waals surface area (Å²) >= 11 is 0. The first-order chi connectivity index (χ1) is 20.8. The fourth-order valence-corrected chi connectivity index (χ4v) is 5.47. The van der Waals surface area contributed by atoms with E-state index in [1.807, 2.05) is 26.0 Å². The van der Waals surface area contributed by atoms with Crippen molar-refractivity contribution in [3.8, 4) is 22.6 Å². The van der Waals surface area contributed by atoms with Crippen LogP contribution in [-0.2, 0) is 25.7 Å². The number of rotatable bonds is 10. The van der Waals surface area contributed by atoms with E-state index in [4.69, 9.17) is 19.3 Å². The van der Waals surface area contributed by atoms with Crippen LogP contribution in [0.5, 0.6) is 11.5 Å². The lowest BCUT2D eigenvalue weighted by Crippen LogP contribution is -2.41. The largest absolute Gasteiger partial charge is 0.493 e. The Morgan fingerprint density at radius 1 is 1.00 bits per heavy atom. The Kier molecular flexibility index (Phi) is 12.0. The number of carbonyl (C=O) groups is 3. The number of esters is 1. The Morgan fingerprint density at radius 2 is 1.57 bits per heavy atom. The lowest BCUT2D eigenvalue weighted by Gasteiger charge is -2.38. The average molecular weight is 627 g/mol. The fourth-order valence-electron chi connectivity index (χ4n) is 5.47. The third kappa shape index (κ3) is 9.83. The second-order valence-corrected chi connectivity index (χ2v) is 10.8. The third-order valence-electron chi connectivity index (χ3n) is 7.49. The van der Waals surface area contributed by atoms with Crippen molar-refractivity contribution in [2.45, 2.75) is 52.3 Å². The summed E-state index contributed by atoms with van der Waals surface area (Å²) in [5, 5.41) is 7.53. The van der Waals surface area contributed by atoms with Gasteiger partial charge < -0.3 is 24.2 Å².